The molecule has 0 radical (unpaired) electrons. The number of anilines is 1. The Morgan fingerprint density at radius 3 is 2.59 bits per heavy atom. The molecule has 2 aromatic carbocycles. The Kier molecular flexibility index (Phi) is 5.00. The smallest absolute Gasteiger partial charge is 0.352 e. The molecule has 27 heavy (non-hydrogen) atoms. The third-order valence-electron chi connectivity index (χ3n) is 4.84. The summed E-state index contributed by atoms with van der Waals surface area (Å²) in [4.78, 5) is 17.1. The van der Waals surface area contributed by atoms with Gasteiger partial charge in [-0.15, -0.1) is 0 Å². The van der Waals surface area contributed by atoms with Crippen molar-refractivity contribution in [1.82, 2.24) is 4.98 Å². The molecule has 140 valence electrons. The third kappa shape index (κ3) is 3.63. The van der Waals surface area contributed by atoms with Crippen LogP contribution in [0.25, 0.3) is 10.9 Å². The van der Waals surface area contributed by atoms with E-state index >= 15 is 0 Å². The van der Waals surface area contributed by atoms with E-state index in [1.807, 2.05) is 18.2 Å². The summed E-state index contributed by atoms with van der Waals surface area (Å²) in [6.07, 6.45) is 0.449. The number of rotatable bonds is 4. The zero-order chi connectivity index (χ0) is 19.0. The van der Waals surface area contributed by atoms with Crippen molar-refractivity contribution in [1.29, 1.82) is 0 Å². The van der Waals surface area contributed by atoms with Crippen molar-refractivity contribution in [2.75, 3.05) is 31.2 Å². The molecule has 0 atom stereocenters. The van der Waals surface area contributed by atoms with Crippen LogP contribution in [0.3, 0.4) is 0 Å². The second kappa shape index (κ2) is 7.43. The maximum absolute atomic E-state index is 11.8. The van der Waals surface area contributed by atoms with Gasteiger partial charge in [0.15, 0.2) is 0 Å². The van der Waals surface area contributed by atoms with Gasteiger partial charge in [-0.05, 0) is 41.5 Å². The Balaban J connectivity index is 1.78. The highest BCUT2D eigenvalue weighted by Crippen LogP contribution is 2.31. The number of halogens is 2. The molecule has 0 spiro atoms. The molecule has 0 saturated carbocycles. The number of ether oxygens (including phenoxy) is 1. The van der Waals surface area contributed by atoms with E-state index in [4.69, 9.17) is 27.9 Å². The van der Waals surface area contributed by atoms with Crippen LogP contribution in [0.1, 0.15) is 21.6 Å². The van der Waals surface area contributed by atoms with E-state index in [9.17, 15) is 9.90 Å². The van der Waals surface area contributed by atoms with Crippen LogP contribution >= 0.6 is 23.2 Å². The van der Waals surface area contributed by atoms with Gasteiger partial charge in [0.2, 0.25) is 0 Å². The van der Waals surface area contributed by atoms with Gasteiger partial charge in [-0.25, -0.2) is 4.79 Å². The van der Waals surface area contributed by atoms with Crippen molar-refractivity contribution in [3.63, 3.8) is 0 Å². The first-order valence-electron chi connectivity index (χ1n) is 8.67. The van der Waals surface area contributed by atoms with Crippen molar-refractivity contribution in [3.8, 4) is 0 Å². The van der Waals surface area contributed by atoms with E-state index in [-0.39, 0.29) is 5.69 Å². The first-order valence-corrected chi connectivity index (χ1v) is 9.43. The van der Waals surface area contributed by atoms with Crippen LogP contribution < -0.4 is 4.90 Å². The molecular weight excluding hydrogens is 387 g/mol. The molecule has 0 amide bonds. The Bertz CT molecular complexity index is 1010. The Morgan fingerprint density at radius 1 is 1.11 bits per heavy atom. The topological polar surface area (TPSA) is 65.6 Å². The van der Waals surface area contributed by atoms with E-state index < -0.39 is 5.97 Å². The van der Waals surface area contributed by atoms with E-state index in [0.29, 0.717) is 29.7 Å². The second-order valence-electron chi connectivity index (χ2n) is 6.54. The number of aromatic amines is 1. The van der Waals surface area contributed by atoms with Gasteiger partial charge < -0.3 is 19.7 Å². The zero-order valence-electron chi connectivity index (χ0n) is 14.5. The molecular formula is C20H18Cl2N2O3. The van der Waals surface area contributed by atoms with Crippen molar-refractivity contribution in [3.05, 3.63) is 63.3 Å². The van der Waals surface area contributed by atoms with Crippen molar-refractivity contribution in [2.45, 2.75) is 6.42 Å². The third-order valence-corrected chi connectivity index (χ3v) is 5.58. The molecule has 5 nitrogen and oxygen atoms in total. The predicted molar refractivity (Wildman–Crippen MR) is 108 cm³/mol. The van der Waals surface area contributed by atoms with Gasteiger partial charge in [0.05, 0.1) is 23.3 Å². The predicted octanol–water partition coefficient (Wildman–Crippen LogP) is 4.60. The Hall–Kier alpha value is -2.21. The number of fused-ring (bicyclic) bond motifs is 1. The molecule has 1 saturated heterocycles. The van der Waals surface area contributed by atoms with Gasteiger partial charge in [0.25, 0.3) is 0 Å². The van der Waals surface area contributed by atoms with Crippen LogP contribution in [0.2, 0.25) is 10.0 Å². The van der Waals surface area contributed by atoms with Gasteiger partial charge in [0.1, 0.15) is 5.69 Å². The number of morpholine rings is 1. The molecule has 3 aromatic rings. The summed E-state index contributed by atoms with van der Waals surface area (Å²) in [5, 5.41) is 11.5. The summed E-state index contributed by atoms with van der Waals surface area (Å²) in [7, 11) is 0. The zero-order valence-corrected chi connectivity index (χ0v) is 16.0. The van der Waals surface area contributed by atoms with Gasteiger partial charge in [0, 0.05) is 36.1 Å². The summed E-state index contributed by atoms with van der Waals surface area (Å²) in [6, 6.07) is 11.4. The lowest BCUT2D eigenvalue weighted by atomic mass is 10.0. The minimum Gasteiger partial charge on any atom is -0.477 e. The largest absolute Gasteiger partial charge is 0.477 e. The number of nitrogens with zero attached hydrogens (tertiary/aromatic N) is 1. The maximum Gasteiger partial charge on any atom is 0.352 e. The first kappa shape index (κ1) is 18.2. The molecule has 0 aliphatic carbocycles. The summed E-state index contributed by atoms with van der Waals surface area (Å²) in [6.45, 7) is 3.04. The lowest BCUT2D eigenvalue weighted by Crippen LogP contribution is -2.36. The molecule has 2 heterocycles. The number of hydrogen-bond donors (Lipinski definition) is 2. The van der Waals surface area contributed by atoms with Gasteiger partial charge >= 0.3 is 5.97 Å². The van der Waals surface area contributed by atoms with Crippen LogP contribution in [-0.2, 0) is 11.2 Å². The number of benzene rings is 2. The highest BCUT2D eigenvalue weighted by atomic mass is 35.5. The number of carbonyl (C=O) groups is 1. The van der Waals surface area contributed by atoms with Crippen LogP contribution in [0.15, 0.2) is 36.4 Å². The van der Waals surface area contributed by atoms with Crippen LogP contribution in [0.5, 0.6) is 0 Å². The quantitative estimate of drug-likeness (QED) is 0.666. The standard InChI is InChI=1S/C20H18Cl2N2O3/c21-16-3-1-12(10-17(16)22)9-15-14-11-13(24-5-7-27-8-6-24)2-4-18(14)23-19(15)20(25)26/h1-4,10-11,23H,5-9H2,(H,25,26). The molecule has 0 unspecified atom stereocenters. The first-order chi connectivity index (χ1) is 13.0. The Labute approximate surface area is 166 Å². The summed E-state index contributed by atoms with van der Waals surface area (Å²) in [5.74, 6) is -0.978. The van der Waals surface area contributed by atoms with E-state index in [2.05, 4.69) is 16.0 Å². The fraction of sp³-hybridized carbons (Fsp3) is 0.250. The van der Waals surface area contributed by atoms with E-state index in [0.717, 1.165) is 40.8 Å². The minimum absolute atomic E-state index is 0.204. The lowest BCUT2D eigenvalue weighted by Gasteiger charge is -2.29. The molecule has 1 aromatic heterocycles. The minimum atomic E-state index is -0.978. The lowest BCUT2D eigenvalue weighted by molar-refractivity contribution is 0.0690. The summed E-state index contributed by atoms with van der Waals surface area (Å²) < 4.78 is 5.42. The number of carboxylic acid groups (broad SMARTS) is 1. The van der Waals surface area contributed by atoms with Crippen LogP contribution in [-0.4, -0.2) is 42.4 Å². The summed E-state index contributed by atoms with van der Waals surface area (Å²) in [5.41, 5.74) is 3.72. The summed E-state index contributed by atoms with van der Waals surface area (Å²) >= 11 is 12.1. The number of hydrogen-bond acceptors (Lipinski definition) is 3. The van der Waals surface area contributed by atoms with E-state index in [1.165, 1.54) is 0 Å². The average molecular weight is 405 g/mol. The average Bonchev–Trinajstić information content (AvgIpc) is 3.03. The normalized spacial score (nSPS) is 14.7. The van der Waals surface area contributed by atoms with Gasteiger partial charge in [-0.1, -0.05) is 29.3 Å². The number of H-pyrrole nitrogens is 1. The van der Waals surface area contributed by atoms with Gasteiger partial charge in [-0.3, -0.25) is 0 Å². The molecule has 2 N–H and O–H groups in total. The van der Waals surface area contributed by atoms with Crippen LogP contribution in [0.4, 0.5) is 5.69 Å². The molecule has 1 aliphatic heterocycles. The SMILES string of the molecule is O=C(O)c1[nH]c2ccc(N3CCOCC3)cc2c1Cc1ccc(Cl)c(Cl)c1. The molecule has 7 heteroatoms. The Morgan fingerprint density at radius 2 is 1.89 bits per heavy atom. The van der Waals surface area contributed by atoms with Crippen molar-refractivity contribution >= 4 is 45.8 Å². The fourth-order valence-corrected chi connectivity index (χ4v) is 3.79. The monoisotopic (exact) mass is 404 g/mol. The van der Waals surface area contributed by atoms with Gasteiger partial charge in [-0.2, -0.15) is 0 Å². The van der Waals surface area contributed by atoms with Crippen molar-refractivity contribution in [2.24, 2.45) is 0 Å². The van der Waals surface area contributed by atoms with Crippen molar-refractivity contribution < 1.29 is 14.6 Å². The maximum atomic E-state index is 11.8. The molecule has 1 aliphatic rings. The fourth-order valence-electron chi connectivity index (χ4n) is 3.47. The number of nitrogens with one attached hydrogen (secondary N) is 1. The second-order valence-corrected chi connectivity index (χ2v) is 7.35. The molecule has 4 rings (SSSR count). The number of aromatic nitrogens is 1. The highest BCUT2D eigenvalue weighted by Gasteiger charge is 2.19. The number of aromatic carboxylic acids is 1. The van der Waals surface area contributed by atoms with Crippen LogP contribution in [0, 0.1) is 0 Å². The molecule has 1 fully saturated rings. The molecule has 0 bridgehead atoms. The van der Waals surface area contributed by atoms with E-state index in [1.54, 1.807) is 12.1 Å². The number of carboxylic acids is 1. The highest BCUT2D eigenvalue weighted by molar-refractivity contribution is 6.42.